The van der Waals surface area contributed by atoms with Gasteiger partial charge in [0.25, 0.3) is 0 Å². The van der Waals surface area contributed by atoms with Gasteiger partial charge in [-0.2, -0.15) is 0 Å². The number of methoxy groups -OCH3 is 2. The van der Waals surface area contributed by atoms with Crippen molar-refractivity contribution in [2.24, 2.45) is 0 Å². The van der Waals surface area contributed by atoms with Gasteiger partial charge in [-0.1, -0.05) is 19.1 Å². The Morgan fingerprint density at radius 3 is 2.35 bits per heavy atom. The van der Waals surface area contributed by atoms with Crippen LogP contribution in [-0.2, 0) is 14.6 Å². The van der Waals surface area contributed by atoms with Gasteiger partial charge in [-0.15, -0.1) is 0 Å². The molecule has 0 bridgehead atoms. The molecule has 0 saturated carbocycles. The SMILES string of the molecule is CCC(=O)c1cnc(Nc2ccc(S(C)(=O)=O)cn2)cc1Nc1cccc(C(C)OC)c1OC. The number of carbonyl (C=O) groups excluding carboxylic acids is 1. The first-order valence-electron chi connectivity index (χ1n) is 10.6. The number of aromatic nitrogens is 2. The molecule has 3 aromatic rings. The molecule has 1 aromatic carbocycles. The molecule has 180 valence electrons. The van der Waals surface area contributed by atoms with Gasteiger partial charge in [0.15, 0.2) is 15.6 Å². The quantitative estimate of drug-likeness (QED) is 0.395. The van der Waals surface area contributed by atoms with E-state index < -0.39 is 9.84 Å². The molecular weight excluding hydrogens is 456 g/mol. The first-order valence-corrected chi connectivity index (χ1v) is 12.5. The predicted octanol–water partition coefficient (Wildman–Crippen LogP) is 4.68. The molecule has 1 atom stereocenters. The number of carbonyl (C=O) groups is 1. The van der Waals surface area contributed by atoms with E-state index in [1.165, 1.54) is 18.5 Å². The molecule has 34 heavy (non-hydrogen) atoms. The third-order valence-electron chi connectivity index (χ3n) is 5.26. The van der Waals surface area contributed by atoms with Crippen LogP contribution < -0.4 is 15.4 Å². The number of rotatable bonds is 10. The average Bonchev–Trinajstić information content (AvgIpc) is 2.83. The van der Waals surface area contributed by atoms with Crippen LogP contribution in [-0.4, -0.2) is 44.6 Å². The van der Waals surface area contributed by atoms with Crippen molar-refractivity contribution in [3.05, 3.63) is 59.9 Å². The molecular formula is C24H28N4O5S. The van der Waals surface area contributed by atoms with Gasteiger partial charge in [-0.25, -0.2) is 18.4 Å². The lowest BCUT2D eigenvalue weighted by Gasteiger charge is -2.19. The largest absolute Gasteiger partial charge is 0.494 e. The van der Waals surface area contributed by atoms with Crippen LogP contribution in [0.1, 0.15) is 42.3 Å². The molecule has 0 amide bonds. The summed E-state index contributed by atoms with van der Waals surface area (Å²) in [6, 6.07) is 10.4. The Hall–Kier alpha value is -3.50. The van der Waals surface area contributed by atoms with E-state index in [0.29, 0.717) is 40.7 Å². The predicted molar refractivity (Wildman–Crippen MR) is 131 cm³/mol. The summed E-state index contributed by atoms with van der Waals surface area (Å²) in [6.45, 7) is 3.71. The van der Waals surface area contributed by atoms with Crippen LogP contribution in [0.5, 0.6) is 5.75 Å². The molecule has 1 unspecified atom stereocenters. The van der Waals surface area contributed by atoms with Crippen LogP contribution in [0.15, 0.2) is 53.7 Å². The second-order valence-corrected chi connectivity index (χ2v) is 9.61. The third-order valence-corrected chi connectivity index (χ3v) is 6.35. The monoisotopic (exact) mass is 484 g/mol. The highest BCUT2D eigenvalue weighted by Gasteiger charge is 2.18. The third kappa shape index (κ3) is 5.70. The van der Waals surface area contributed by atoms with Crippen molar-refractivity contribution in [1.82, 2.24) is 9.97 Å². The minimum atomic E-state index is -3.34. The van der Waals surface area contributed by atoms with Gasteiger partial charge in [0.1, 0.15) is 17.4 Å². The first kappa shape index (κ1) is 25.1. The molecule has 2 N–H and O–H groups in total. The lowest BCUT2D eigenvalue weighted by molar-refractivity contribution is 0.0988. The Morgan fingerprint density at radius 1 is 1.03 bits per heavy atom. The number of nitrogens with zero attached hydrogens (tertiary/aromatic N) is 2. The van der Waals surface area contributed by atoms with Crippen LogP contribution >= 0.6 is 0 Å². The summed E-state index contributed by atoms with van der Waals surface area (Å²) in [7, 11) is -0.141. The zero-order chi connectivity index (χ0) is 24.9. The highest BCUT2D eigenvalue weighted by Crippen LogP contribution is 2.37. The summed E-state index contributed by atoms with van der Waals surface area (Å²) < 4.78 is 34.4. The fourth-order valence-corrected chi connectivity index (χ4v) is 3.88. The lowest BCUT2D eigenvalue weighted by Crippen LogP contribution is -2.08. The van der Waals surface area contributed by atoms with Crippen molar-refractivity contribution in [3.63, 3.8) is 0 Å². The maximum atomic E-state index is 12.6. The maximum absolute atomic E-state index is 12.6. The number of hydrogen-bond donors (Lipinski definition) is 2. The molecule has 0 radical (unpaired) electrons. The van der Waals surface area contributed by atoms with E-state index in [2.05, 4.69) is 20.6 Å². The topological polar surface area (TPSA) is 120 Å². The Balaban J connectivity index is 1.98. The van der Waals surface area contributed by atoms with Gasteiger partial charge in [-0.05, 0) is 25.1 Å². The molecule has 3 rings (SSSR count). The zero-order valence-corrected chi connectivity index (χ0v) is 20.6. The van der Waals surface area contributed by atoms with Crippen LogP contribution in [0.2, 0.25) is 0 Å². The van der Waals surface area contributed by atoms with Crippen molar-refractivity contribution < 1.29 is 22.7 Å². The van der Waals surface area contributed by atoms with E-state index in [9.17, 15) is 13.2 Å². The van der Waals surface area contributed by atoms with Gasteiger partial charge < -0.3 is 20.1 Å². The molecule has 0 saturated heterocycles. The molecule has 9 nitrogen and oxygen atoms in total. The van der Waals surface area contributed by atoms with E-state index in [-0.39, 0.29) is 16.8 Å². The molecule has 0 spiro atoms. The van der Waals surface area contributed by atoms with Gasteiger partial charge >= 0.3 is 0 Å². The first-order chi connectivity index (χ1) is 16.2. The minimum Gasteiger partial charge on any atom is -0.494 e. The summed E-state index contributed by atoms with van der Waals surface area (Å²) in [5, 5.41) is 6.34. The van der Waals surface area contributed by atoms with Crippen molar-refractivity contribution in [2.75, 3.05) is 31.1 Å². The molecule has 2 aromatic heterocycles. The van der Waals surface area contributed by atoms with Crippen LogP contribution in [0.4, 0.5) is 23.0 Å². The number of nitrogens with one attached hydrogen (secondary N) is 2. The summed E-state index contributed by atoms with van der Waals surface area (Å²) >= 11 is 0. The second-order valence-electron chi connectivity index (χ2n) is 7.60. The Morgan fingerprint density at radius 2 is 1.76 bits per heavy atom. The summed E-state index contributed by atoms with van der Waals surface area (Å²) in [6.07, 6.45) is 4.02. The number of hydrogen-bond acceptors (Lipinski definition) is 9. The van der Waals surface area contributed by atoms with E-state index >= 15 is 0 Å². The van der Waals surface area contributed by atoms with E-state index in [1.54, 1.807) is 33.3 Å². The van der Waals surface area contributed by atoms with Crippen LogP contribution in [0.25, 0.3) is 0 Å². The van der Waals surface area contributed by atoms with Crippen LogP contribution in [0.3, 0.4) is 0 Å². The number of anilines is 4. The van der Waals surface area contributed by atoms with Gasteiger partial charge in [-0.3, -0.25) is 4.79 Å². The van der Waals surface area contributed by atoms with Crippen LogP contribution in [0, 0.1) is 0 Å². The van der Waals surface area contributed by atoms with Gasteiger partial charge in [0.05, 0.1) is 35.0 Å². The maximum Gasteiger partial charge on any atom is 0.177 e. The Bertz CT molecular complexity index is 1280. The fourth-order valence-electron chi connectivity index (χ4n) is 3.32. The standard InChI is InChI=1S/C24H28N4O5S/c1-6-21(29)18-14-26-23(28-22-11-10-16(13-25-22)34(5,30)31)12-20(18)27-19-9-7-8-17(15(2)32-3)24(19)33-4/h7-15H,6H2,1-5H3,(H2,25,26,27,28). The number of ketones is 1. The lowest BCUT2D eigenvalue weighted by atomic mass is 10.1. The normalized spacial score (nSPS) is 12.1. The van der Waals surface area contributed by atoms with Gasteiger partial charge in [0.2, 0.25) is 0 Å². The number of pyridine rings is 2. The number of sulfone groups is 1. The van der Waals surface area contributed by atoms with Crippen molar-refractivity contribution >= 4 is 38.6 Å². The molecule has 0 aliphatic heterocycles. The van der Waals surface area contributed by atoms with E-state index in [1.807, 2.05) is 25.1 Å². The van der Waals surface area contributed by atoms with Crippen molar-refractivity contribution in [1.29, 1.82) is 0 Å². The summed E-state index contributed by atoms with van der Waals surface area (Å²) in [5.74, 6) is 1.37. The number of benzene rings is 1. The smallest absolute Gasteiger partial charge is 0.177 e. The Kier molecular flexibility index (Phi) is 7.85. The highest BCUT2D eigenvalue weighted by molar-refractivity contribution is 7.90. The molecule has 10 heteroatoms. The van der Waals surface area contributed by atoms with Crippen molar-refractivity contribution in [2.45, 2.75) is 31.3 Å². The average molecular weight is 485 g/mol. The summed E-state index contributed by atoms with van der Waals surface area (Å²) in [4.78, 5) is 21.2. The van der Waals surface area contributed by atoms with E-state index in [4.69, 9.17) is 9.47 Å². The molecule has 0 aliphatic carbocycles. The molecule has 0 aliphatic rings. The number of para-hydroxylation sites is 1. The molecule has 0 fully saturated rings. The highest BCUT2D eigenvalue weighted by atomic mass is 32.2. The fraction of sp³-hybridized carbons (Fsp3) is 0.292. The molecule has 2 heterocycles. The second kappa shape index (κ2) is 10.6. The minimum absolute atomic E-state index is 0.0717. The number of Topliss-reactive ketones (excluding diaryl/α,β-unsaturated/α-hetero) is 1. The Labute approximate surface area is 199 Å². The zero-order valence-electron chi connectivity index (χ0n) is 19.7. The van der Waals surface area contributed by atoms with Crippen molar-refractivity contribution in [3.8, 4) is 5.75 Å². The van der Waals surface area contributed by atoms with E-state index in [0.717, 1.165) is 11.8 Å². The number of ether oxygens (including phenoxy) is 2. The summed E-state index contributed by atoms with van der Waals surface area (Å²) in [5.41, 5.74) is 2.50. The van der Waals surface area contributed by atoms with Gasteiger partial charge in [0, 0.05) is 43.8 Å².